The molecule has 0 fully saturated rings. The summed E-state index contributed by atoms with van der Waals surface area (Å²) >= 11 is 3.43. The lowest BCUT2D eigenvalue weighted by molar-refractivity contribution is -0.122. The molecule has 1 rings (SSSR count). The topological polar surface area (TPSA) is 38.3 Å². The van der Waals surface area contributed by atoms with Crippen molar-refractivity contribution in [2.24, 2.45) is 5.41 Å². The van der Waals surface area contributed by atoms with E-state index in [4.69, 9.17) is 4.74 Å². The van der Waals surface area contributed by atoms with Crippen LogP contribution in [0.15, 0.2) is 30.3 Å². The van der Waals surface area contributed by atoms with Crippen LogP contribution in [0.25, 0.3) is 0 Å². The van der Waals surface area contributed by atoms with Crippen LogP contribution in [0, 0.1) is 5.41 Å². The van der Waals surface area contributed by atoms with Crippen LogP contribution in [0.4, 0.5) is 0 Å². The monoisotopic (exact) mass is 341 g/mol. The van der Waals surface area contributed by atoms with Gasteiger partial charge in [0.15, 0.2) is 0 Å². The highest BCUT2D eigenvalue weighted by molar-refractivity contribution is 9.09. The Hall–Kier alpha value is -1.03. The smallest absolute Gasteiger partial charge is 0.223 e. The molecular formula is C16H24BrNO2. The highest BCUT2D eigenvalue weighted by Crippen LogP contribution is 2.21. The minimum Gasteiger partial charge on any atom is -0.493 e. The average molecular weight is 342 g/mol. The molecule has 0 aromatic heterocycles. The van der Waals surface area contributed by atoms with E-state index in [2.05, 4.69) is 35.1 Å². The van der Waals surface area contributed by atoms with E-state index in [-0.39, 0.29) is 11.3 Å². The van der Waals surface area contributed by atoms with E-state index in [9.17, 15) is 4.79 Å². The molecule has 0 radical (unpaired) electrons. The van der Waals surface area contributed by atoms with Crippen molar-refractivity contribution in [3.8, 4) is 5.75 Å². The molecule has 1 aromatic carbocycles. The van der Waals surface area contributed by atoms with Crippen LogP contribution in [-0.2, 0) is 4.79 Å². The summed E-state index contributed by atoms with van der Waals surface area (Å²) in [5.74, 6) is 0.853. The number of nitrogens with one attached hydrogen (secondary N) is 1. The van der Waals surface area contributed by atoms with E-state index in [0.717, 1.165) is 23.9 Å². The Labute approximate surface area is 130 Å². The molecule has 0 aliphatic heterocycles. The number of rotatable bonds is 9. The number of hydrogen-bond donors (Lipinski definition) is 1. The van der Waals surface area contributed by atoms with Gasteiger partial charge < -0.3 is 10.1 Å². The van der Waals surface area contributed by atoms with Gasteiger partial charge in [0.25, 0.3) is 0 Å². The molecule has 1 aromatic rings. The number of amides is 1. The number of para-hydroxylation sites is 1. The van der Waals surface area contributed by atoms with Gasteiger partial charge in [-0.25, -0.2) is 0 Å². The fraction of sp³-hybridized carbons (Fsp3) is 0.562. The number of benzene rings is 1. The van der Waals surface area contributed by atoms with Gasteiger partial charge in [0, 0.05) is 11.9 Å². The largest absolute Gasteiger partial charge is 0.493 e. The normalized spacial score (nSPS) is 11.2. The maximum Gasteiger partial charge on any atom is 0.223 e. The SMILES string of the molecule is CC(C)(CCCBr)CNC(=O)CCOc1ccccc1. The minimum atomic E-state index is 0.0489. The van der Waals surface area contributed by atoms with Gasteiger partial charge in [0.05, 0.1) is 13.0 Å². The second-order valence-electron chi connectivity index (χ2n) is 5.64. The zero-order valence-electron chi connectivity index (χ0n) is 12.3. The Morgan fingerprint density at radius 2 is 2.00 bits per heavy atom. The fourth-order valence-corrected chi connectivity index (χ4v) is 2.12. The summed E-state index contributed by atoms with van der Waals surface area (Å²) < 4.78 is 5.51. The summed E-state index contributed by atoms with van der Waals surface area (Å²) in [5, 5.41) is 3.99. The first-order valence-corrected chi connectivity index (χ1v) is 8.16. The van der Waals surface area contributed by atoms with Crippen molar-refractivity contribution in [1.29, 1.82) is 0 Å². The van der Waals surface area contributed by atoms with Crippen LogP contribution in [0.3, 0.4) is 0 Å². The van der Waals surface area contributed by atoms with Crippen molar-refractivity contribution < 1.29 is 9.53 Å². The van der Waals surface area contributed by atoms with Crippen molar-refractivity contribution in [3.05, 3.63) is 30.3 Å². The number of halogens is 1. The lowest BCUT2D eigenvalue weighted by Gasteiger charge is -2.24. The fourth-order valence-electron chi connectivity index (χ4n) is 1.84. The van der Waals surface area contributed by atoms with Crippen LogP contribution < -0.4 is 10.1 Å². The first kappa shape index (κ1) is 17.0. The number of ether oxygens (including phenoxy) is 1. The summed E-state index contributed by atoms with van der Waals surface area (Å²) in [4.78, 5) is 11.8. The molecular weight excluding hydrogens is 318 g/mol. The molecule has 0 heterocycles. The highest BCUT2D eigenvalue weighted by atomic mass is 79.9. The van der Waals surface area contributed by atoms with Crippen molar-refractivity contribution in [3.63, 3.8) is 0 Å². The first-order valence-electron chi connectivity index (χ1n) is 7.04. The maximum atomic E-state index is 11.8. The van der Waals surface area contributed by atoms with Gasteiger partial charge in [0.1, 0.15) is 5.75 Å². The molecule has 0 atom stereocenters. The van der Waals surface area contributed by atoms with E-state index in [1.807, 2.05) is 30.3 Å². The van der Waals surface area contributed by atoms with Gasteiger partial charge >= 0.3 is 0 Å². The Bertz CT molecular complexity index is 393. The molecule has 4 heteroatoms. The quantitative estimate of drug-likeness (QED) is 0.694. The van der Waals surface area contributed by atoms with Crippen LogP contribution in [0.1, 0.15) is 33.1 Å². The molecule has 3 nitrogen and oxygen atoms in total. The third kappa shape index (κ3) is 7.53. The molecule has 112 valence electrons. The third-order valence-corrected chi connectivity index (χ3v) is 3.65. The van der Waals surface area contributed by atoms with Crippen LogP contribution in [0.2, 0.25) is 0 Å². The van der Waals surface area contributed by atoms with E-state index in [0.29, 0.717) is 19.6 Å². The van der Waals surface area contributed by atoms with Gasteiger partial charge in [-0.3, -0.25) is 4.79 Å². The van der Waals surface area contributed by atoms with Gasteiger partial charge in [-0.1, -0.05) is 48.0 Å². The van der Waals surface area contributed by atoms with E-state index < -0.39 is 0 Å². The van der Waals surface area contributed by atoms with Crippen molar-refractivity contribution in [2.45, 2.75) is 33.1 Å². The zero-order chi connectivity index (χ0) is 14.8. The molecule has 0 aliphatic rings. The third-order valence-electron chi connectivity index (χ3n) is 3.09. The Morgan fingerprint density at radius 3 is 2.65 bits per heavy atom. The van der Waals surface area contributed by atoms with Gasteiger partial charge in [-0.15, -0.1) is 0 Å². The van der Waals surface area contributed by atoms with Crippen LogP contribution in [-0.4, -0.2) is 24.4 Å². The molecule has 0 aliphatic carbocycles. The molecule has 0 unspecified atom stereocenters. The van der Waals surface area contributed by atoms with Crippen molar-refractivity contribution in [1.82, 2.24) is 5.32 Å². The van der Waals surface area contributed by atoms with Crippen LogP contribution in [0.5, 0.6) is 5.75 Å². The van der Waals surface area contributed by atoms with E-state index >= 15 is 0 Å². The Balaban J connectivity index is 2.17. The molecule has 1 amide bonds. The molecule has 0 saturated heterocycles. The number of alkyl halides is 1. The summed E-state index contributed by atoms with van der Waals surface area (Å²) in [6, 6.07) is 9.56. The lowest BCUT2D eigenvalue weighted by Crippen LogP contribution is -2.34. The predicted octanol–water partition coefficient (Wildman–Crippen LogP) is 3.77. The first-order chi connectivity index (χ1) is 9.53. The number of carbonyl (C=O) groups excluding carboxylic acids is 1. The van der Waals surface area contributed by atoms with Gasteiger partial charge in [-0.2, -0.15) is 0 Å². The molecule has 0 bridgehead atoms. The maximum absolute atomic E-state index is 11.8. The predicted molar refractivity (Wildman–Crippen MR) is 86.4 cm³/mol. The van der Waals surface area contributed by atoms with Crippen molar-refractivity contribution >= 4 is 21.8 Å². The standard InChI is InChI=1S/C16H24BrNO2/c1-16(2,10-6-11-17)13-18-15(19)9-12-20-14-7-4-3-5-8-14/h3-5,7-8H,6,9-13H2,1-2H3,(H,18,19). The number of carbonyl (C=O) groups is 1. The number of hydrogen-bond acceptors (Lipinski definition) is 2. The summed E-state index contributed by atoms with van der Waals surface area (Å²) in [6.07, 6.45) is 2.61. The van der Waals surface area contributed by atoms with Crippen molar-refractivity contribution in [2.75, 3.05) is 18.5 Å². The van der Waals surface area contributed by atoms with Gasteiger partial charge in [0.2, 0.25) is 5.91 Å². The summed E-state index contributed by atoms with van der Waals surface area (Å²) in [7, 11) is 0. The summed E-state index contributed by atoms with van der Waals surface area (Å²) in [6.45, 7) is 5.48. The zero-order valence-corrected chi connectivity index (χ0v) is 13.9. The minimum absolute atomic E-state index is 0.0489. The molecule has 0 saturated carbocycles. The second-order valence-corrected chi connectivity index (χ2v) is 6.44. The summed E-state index contributed by atoms with van der Waals surface area (Å²) in [5.41, 5.74) is 0.143. The molecule has 1 N–H and O–H groups in total. The van der Waals surface area contributed by atoms with E-state index in [1.54, 1.807) is 0 Å². The van der Waals surface area contributed by atoms with Crippen LogP contribution >= 0.6 is 15.9 Å². The lowest BCUT2D eigenvalue weighted by atomic mass is 9.88. The Kier molecular flexibility index (Phi) is 7.67. The highest BCUT2D eigenvalue weighted by Gasteiger charge is 2.18. The molecule has 0 spiro atoms. The van der Waals surface area contributed by atoms with Gasteiger partial charge in [-0.05, 0) is 30.4 Å². The Morgan fingerprint density at radius 1 is 1.30 bits per heavy atom. The average Bonchev–Trinajstić information content (AvgIpc) is 2.44. The van der Waals surface area contributed by atoms with E-state index in [1.165, 1.54) is 0 Å². The second kappa shape index (κ2) is 9.01. The molecule has 20 heavy (non-hydrogen) atoms.